The third-order valence-electron chi connectivity index (χ3n) is 3.01. The molecule has 1 amide bonds. The monoisotopic (exact) mass is 303 g/mol. The summed E-state index contributed by atoms with van der Waals surface area (Å²) in [5.41, 5.74) is -1.29. The highest BCUT2D eigenvalue weighted by atomic mass is 19.3. The second-order valence-electron chi connectivity index (χ2n) is 4.97. The first kappa shape index (κ1) is 17.0. The minimum atomic E-state index is -3.96. The largest absolute Gasteiger partial charge is 0.465 e. The first-order valence-electron chi connectivity index (χ1n) is 6.29. The van der Waals surface area contributed by atoms with Gasteiger partial charge in [-0.3, -0.25) is 4.79 Å². The maximum absolute atomic E-state index is 14.2. The van der Waals surface area contributed by atoms with Gasteiger partial charge in [0, 0.05) is 11.5 Å². The normalized spacial score (nSPS) is 13.1. The average Bonchev–Trinajstić information content (AvgIpc) is 2.36. The number of carbonyl (C=O) groups excluding carboxylic acids is 1. The number of amides is 1. The molecule has 0 saturated heterocycles. The molecule has 0 aromatic heterocycles. The molecule has 7 heteroatoms. The topological polar surface area (TPSA) is 66.4 Å². The summed E-state index contributed by atoms with van der Waals surface area (Å²) in [5.74, 6) is -7.59. The molecule has 2 N–H and O–H groups in total. The summed E-state index contributed by atoms with van der Waals surface area (Å²) in [6.07, 6.45) is -1.41. The number of hydrogen-bond acceptors (Lipinski definition) is 2. The highest BCUT2D eigenvalue weighted by Gasteiger charge is 2.44. The van der Waals surface area contributed by atoms with E-state index in [0.717, 1.165) is 12.1 Å². The molecule has 21 heavy (non-hydrogen) atoms. The molecule has 0 heterocycles. The van der Waals surface area contributed by atoms with Crippen molar-refractivity contribution in [2.24, 2.45) is 5.92 Å². The Kier molecular flexibility index (Phi) is 4.98. The molecule has 1 rings (SSSR count). The van der Waals surface area contributed by atoms with Crippen molar-refractivity contribution in [2.75, 3.05) is 0 Å². The molecule has 0 fully saturated rings. The fourth-order valence-corrected chi connectivity index (χ4v) is 1.88. The van der Waals surface area contributed by atoms with Gasteiger partial charge < -0.3 is 10.4 Å². The van der Waals surface area contributed by atoms with Gasteiger partial charge in [-0.05, 0) is 13.0 Å². The third kappa shape index (κ3) is 3.53. The van der Waals surface area contributed by atoms with Crippen molar-refractivity contribution in [3.05, 3.63) is 35.1 Å². The van der Waals surface area contributed by atoms with E-state index in [9.17, 15) is 22.8 Å². The standard InChI is InChI=1S/C14H16F3NO3/c1-7(2)12(19)14(16,17)10-6-4-5-9(11(10)15)8(3)18-13(20)21/h4-8,18H,1-3H3,(H,20,21)/t8-/m1/s1. The van der Waals surface area contributed by atoms with Crippen LogP contribution in [0.25, 0.3) is 0 Å². The zero-order chi connectivity index (χ0) is 16.4. The van der Waals surface area contributed by atoms with Gasteiger partial charge in [0.05, 0.1) is 11.6 Å². The number of Topliss-reactive ketones (excluding diaryl/α,β-unsaturated/α-hetero) is 1. The number of carboxylic acid groups (broad SMARTS) is 1. The molecule has 0 saturated carbocycles. The second-order valence-corrected chi connectivity index (χ2v) is 4.97. The van der Waals surface area contributed by atoms with Crippen LogP contribution < -0.4 is 5.32 Å². The molecule has 0 aliphatic carbocycles. The Balaban J connectivity index is 3.28. The van der Waals surface area contributed by atoms with Crippen LogP contribution in [0.15, 0.2) is 18.2 Å². The van der Waals surface area contributed by atoms with E-state index in [1.165, 1.54) is 26.8 Å². The van der Waals surface area contributed by atoms with E-state index >= 15 is 0 Å². The molecule has 1 atom stereocenters. The minimum absolute atomic E-state index is 0.244. The van der Waals surface area contributed by atoms with Gasteiger partial charge in [0.2, 0.25) is 5.78 Å². The fourth-order valence-electron chi connectivity index (χ4n) is 1.88. The molecule has 0 radical (unpaired) electrons. The predicted octanol–water partition coefficient (Wildman–Crippen LogP) is 3.47. The molecular formula is C14H16F3NO3. The van der Waals surface area contributed by atoms with E-state index < -0.39 is 41.1 Å². The van der Waals surface area contributed by atoms with Crippen molar-refractivity contribution >= 4 is 11.9 Å². The summed E-state index contributed by atoms with van der Waals surface area (Å²) in [5, 5.41) is 10.6. The second kappa shape index (κ2) is 6.15. The van der Waals surface area contributed by atoms with Gasteiger partial charge in [-0.15, -0.1) is 0 Å². The Morgan fingerprint density at radius 3 is 2.29 bits per heavy atom. The lowest BCUT2D eigenvalue weighted by molar-refractivity contribution is -0.148. The molecule has 116 valence electrons. The van der Waals surface area contributed by atoms with Crippen LogP contribution in [0.5, 0.6) is 0 Å². The molecule has 0 unspecified atom stereocenters. The van der Waals surface area contributed by atoms with E-state index in [2.05, 4.69) is 0 Å². The van der Waals surface area contributed by atoms with E-state index in [-0.39, 0.29) is 5.56 Å². The van der Waals surface area contributed by atoms with Crippen molar-refractivity contribution in [2.45, 2.75) is 32.7 Å². The van der Waals surface area contributed by atoms with Crippen LogP contribution in [-0.2, 0) is 10.7 Å². The van der Waals surface area contributed by atoms with E-state index in [0.29, 0.717) is 0 Å². The fraction of sp³-hybridized carbons (Fsp3) is 0.429. The van der Waals surface area contributed by atoms with Crippen LogP contribution in [0.4, 0.5) is 18.0 Å². The summed E-state index contributed by atoms with van der Waals surface area (Å²) >= 11 is 0. The van der Waals surface area contributed by atoms with Gasteiger partial charge in [0.25, 0.3) is 0 Å². The van der Waals surface area contributed by atoms with E-state index in [1.807, 2.05) is 5.32 Å². The Morgan fingerprint density at radius 1 is 1.24 bits per heavy atom. The number of halogens is 3. The Hall–Kier alpha value is -2.05. The lowest BCUT2D eigenvalue weighted by Crippen LogP contribution is -2.32. The van der Waals surface area contributed by atoms with Crippen molar-refractivity contribution in [1.29, 1.82) is 0 Å². The number of carbonyl (C=O) groups is 2. The summed E-state index contributed by atoms with van der Waals surface area (Å²) < 4.78 is 42.3. The maximum Gasteiger partial charge on any atom is 0.405 e. The predicted molar refractivity (Wildman–Crippen MR) is 69.7 cm³/mol. The van der Waals surface area contributed by atoms with Crippen LogP contribution in [0.2, 0.25) is 0 Å². The average molecular weight is 303 g/mol. The quantitative estimate of drug-likeness (QED) is 0.875. The van der Waals surface area contributed by atoms with Gasteiger partial charge >= 0.3 is 12.0 Å². The van der Waals surface area contributed by atoms with Gasteiger partial charge in [0.15, 0.2) is 0 Å². The zero-order valence-corrected chi connectivity index (χ0v) is 11.8. The first-order valence-corrected chi connectivity index (χ1v) is 6.29. The van der Waals surface area contributed by atoms with E-state index in [4.69, 9.17) is 5.11 Å². The smallest absolute Gasteiger partial charge is 0.405 e. The number of rotatable bonds is 5. The van der Waals surface area contributed by atoms with Crippen LogP contribution >= 0.6 is 0 Å². The molecule has 1 aromatic carbocycles. The molecule has 0 aliphatic heterocycles. The van der Waals surface area contributed by atoms with Crippen molar-refractivity contribution in [3.8, 4) is 0 Å². The van der Waals surface area contributed by atoms with Crippen molar-refractivity contribution in [1.82, 2.24) is 5.32 Å². The molecule has 0 aliphatic rings. The molecule has 0 bridgehead atoms. The minimum Gasteiger partial charge on any atom is -0.465 e. The molecule has 4 nitrogen and oxygen atoms in total. The summed E-state index contributed by atoms with van der Waals surface area (Å²) in [6, 6.07) is 2.16. The molecular weight excluding hydrogens is 287 g/mol. The van der Waals surface area contributed by atoms with E-state index in [1.54, 1.807) is 0 Å². The Morgan fingerprint density at radius 2 is 1.81 bits per heavy atom. The maximum atomic E-state index is 14.2. The third-order valence-corrected chi connectivity index (χ3v) is 3.01. The Labute approximate surface area is 120 Å². The van der Waals surface area contributed by atoms with Crippen molar-refractivity contribution in [3.63, 3.8) is 0 Å². The lowest BCUT2D eigenvalue weighted by atomic mass is 9.93. The first-order chi connectivity index (χ1) is 9.59. The highest BCUT2D eigenvalue weighted by Crippen LogP contribution is 2.35. The molecule has 0 spiro atoms. The van der Waals surface area contributed by atoms with Crippen LogP contribution in [0.1, 0.15) is 37.9 Å². The van der Waals surface area contributed by atoms with Gasteiger partial charge in [0.1, 0.15) is 5.82 Å². The van der Waals surface area contributed by atoms with Gasteiger partial charge in [-0.2, -0.15) is 8.78 Å². The highest BCUT2D eigenvalue weighted by molar-refractivity contribution is 5.88. The van der Waals surface area contributed by atoms with Crippen LogP contribution in [0, 0.1) is 11.7 Å². The van der Waals surface area contributed by atoms with Crippen molar-refractivity contribution < 1.29 is 27.9 Å². The summed E-state index contributed by atoms with van der Waals surface area (Å²) in [4.78, 5) is 22.1. The number of benzene rings is 1. The summed E-state index contributed by atoms with van der Waals surface area (Å²) in [7, 11) is 0. The zero-order valence-electron chi connectivity index (χ0n) is 11.8. The number of ketones is 1. The number of alkyl halides is 2. The number of hydrogen-bond donors (Lipinski definition) is 2. The Bertz CT molecular complexity index is 558. The van der Waals surface area contributed by atoms with Crippen LogP contribution in [0.3, 0.4) is 0 Å². The SMILES string of the molecule is CC(C)C(=O)C(F)(F)c1cccc([C@@H](C)NC(=O)O)c1F. The number of nitrogens with one attached hydrogen (secondary N) is 1. The summed E-state index contributed by atoms with van der Waals surface area (Å²) in [6.45, 7) is 3.91. The lowest BCUT2D eigenvalue weighted by Gasteiger charge is -2.21. The van der Waals surface area contributed by atoms with Crippen LogP contribution in [-0.4, -0.2) is 17.0 Å². The van der Waals surface area contributed by atoms with Gasteiger partial charge in [-0.1, -0.05) is 26.0 Å². The molecule has 1 aromatic rings. The van der Waals surface area contributed by atoms with Gasteiger partial charge in [-0.25, -0.2) is 9.18 Å².